The quantitative estimate of drug-likeness (QED) is 0.567. The highest BCUT2D eigenvalue weighted by atomic mass is 19.1. The van der Waals surface area contributed by atoms with Crippen molar-refractivity contribution in [3.05, 3.63) is 59.4 Å². The maximum Gasteiger partial charge on any atom is 0.319 e. The molecule has 36 heavy (non-hydrogen) atoms. The molecule has 9 nitrogen and oxygen atoms in total. The first-order valence-electron chi connectivity index (χ1n) is 12.1. The van der Waals surface area contributed by atoms with E-state index in [1.807, 2.05) is 6.92 Å². The molecule has 3 atom stereocenters. The number of hydrogen-bond acceptors (Lipinski definition) is 5. The lowest BCUT2D eigenvalue weighted by molar-refractivity contribution is -0.134. The molecule has 2 heterocycles. The molecular weight excluding hydrogens is 467 g/mol. The number of nitrogens with zero attached hydrogens (tertiary/aromatic N) is 1. The molecule has 2 aliphatic rings. The predicted molar refractivity (Wildman–Crippen MR) is 131 cm³/mol. The standard InChI is InChI=1S/C26H31FN4O5/c1-3-28-26(34)30-18-8-11-22-20(12-18)25(33)31(2)21-10-9-19(36-23(21)15-35-22)13-24(32)29-14-16-4-6-17(27)7-5-16/h4-8,11-12,19,21,23H,3,9-10,13-15H2,1-2H3,(H,29,32)(H2,28,30,34)/t19-,21+,23+/m0/s1. The molecule has 4 amide bonds. The molecule has 2 aliphatic heterocycles. The summed E-state index contributed by atoms with van der Waals surface area (Å²) < 4.78 is 25.2. The number of carbonyl (C=O) groups is 3. The van der Waals surface area contributed by atoms with Crippen molar-refractivity contribution in [1.82, 2.24) is 15.5 Å². The van der Waals surface area contributed by atoms with Crippen LogP contribution in [0.4, 0.5) is 14.9 Å². The molecule has 0 spiro atoms. The highest BCUT2D eigenvalue weighted by molar-refractivity contribution is 5.99. The second-order valence-electron chi connectivity index (χ2n) is 8.97. The van der Waals surface area contributed by atoms with E-state index in [1.54, 1.807) is 42.3 Å². The van der Waals surface area contributed by atoms with Gasteiger partial charge in [-0.25, -0.2) is 9.18 Å². The molecule has 4 rings (SSSR count). The fourth-order valence-corrected chi connectivity index (χ4v) is 4.52. The normalized spacial score (nSPS) is 21.2. The van der Waals surface area contributed by atoms with Crippen molar-refractivity contribution in [2.45, 2.75) is 51.0 Å². The van der Waals surface area contributed by atoms with Crippen LogP contribution in [0.25, 0.3) is 0 Å². The van der Waals surface area contributed by atoms with Gasteiger partial charge in [-0.15, -0.1) is 0 Å². The lowest BCUT2D eigenvalue weighted by atomic mass is 9.94. The number of carbonyl (C=O) groups excluding carboxylic acids is 3. The Morgan fingerprint density at radius 3 is 2.64 bits per heavy atom. The number of amides is 4. The van der Waals surface area contributed by atoms with Crippen molar-refractivity contribution in [1.29, 1.82) is 0 Å². The van der Waals surface area contributed by atoms with Crippen LogP contribution in [0.15, 0.2) is 42.5 Å². The van der Waals surface area contributed by atoms with Gasteiger partial charge in [0, 0.05) is 25.8 Å². The molecule has 0 aliphatic carbocycles. The van der Waals surface area contributed by atoms with Crippen LogP contribution in [-0.2, 0) is 16.1 Å². The number of nitrogens with one attached hydrogen (secondary N) is 3. The number of urea groups is 1. The number of likely N-dealkylation sites (N-methyl/N-ethyl adjacent to an activating group) is 1. The van der Waals surface area contributed by atoms with Gasteiger partial charge in [0.05, 0.1) is 24.1 Å². The molecule has 1 saturated heterocycles. The third kappa shape index (κ3) is 6.12. The van der Waals surface area contributed by atoms with Crippen LogP contribution in [0.3, 0.4) is 0 Å². The van der Waals surface area contributed by atoms with Crippen molar-refractivity contribution in [2.75, 3.05) is 25.5 Å². The van der Waals surface area contributed by atoms with E-state index >= 15 is 0 Å². The molecule has 2 aromatic carbocycles. The minimum atomic E-state index is -0.385. The maximum absolute atomic E-state index is 13.3. The fourth-order valence-electron chi connectivity index (χ4n) is 4.52. The zero-order valence-corrected chi connectivity index (χ0v) is 20.4. The highest BCUT2D eigenvalue weighted by Gasteiger charge is 2.39. The molecule has 0 unspecified atom stereocenters. The van der Waals surface area contributed by atoms with Crippen LogP contribution in [0.2, 0.25) is 0 Å². The molecule has 0 bridgehead atoms. The van der Waals surface area contributed by atoms with E-state index in [1.165, 1.54) is 12.1 Å². The van der Waals surface area contributed by atoms with E-state index in [0.29, 0.717) is 42.9 Å². The van der Waals surface area contributed by atoms with Gasteiger partial charge < -0.3 is 30.3 Å². The SMILES string of the molecule is CCNC(=O)Nc1ccc2c(c1)C(=O)N(C)[C@@H]1CC[C@@H](CC(=O)NCc3ccc(F)cc3)O[C@@H]1CO2. The van der Waals surface area contributed by atoms with Gasteiger partial charge in [-0.1, -0.05) is 12.1 Å². The number of fused-ring (bicyclic) bond motifs is 2. The summed E-state index contributed by atoms with van der Waals surface area (Å²) in [6.07, 6.45) is 0.790. The van der Waals surface area contributed by atoms with E-state index in [4.69, 9.17) is 9.47 Å². The van der Waals surface area contributed by atoms with Gasteiger partial charge in [-0.3, -0.25) is 9.59 Å². The van der Waals surface area contributed by atoms with Crippen LogP contribution in [0, 0.1) is 5.82 Å². The first kappa shape index (κ1) is 25.4. The van der Waals surface area contributed by atoms with Crippen molar-refractivity contribution >= 4 is 23.5 Å². The minimum Gasteiger partial charge on any atom is -0.490 e. The summed E-state index contributed by atoms with van der Waals surface area (Å²) in [5, 5.41) is 8.21. The second-order valence-corrected chi connectivity index (χ2v) is 8.97. The summed E-state index contributed by atoms with van der Waals surface area (Å²) in [4.78, 5) is 39.3. The Balaban J connectivity index is 1.37. The van der Waals surface area contributed by atoms with Crippen LogP contribution >= 0.6 is 0 Å². The van der Waals surface area contributed by atoms with Crippen LogP contribution in [0.5, 0.6) is 5.75 Å². The summed E-state index contributed by atoms with van der Waals surface area (Å²) in [6, 6.07) is 10.4. The summed E-state index contributed by atoms with van der Waals surface area (Å²) in [6.45, 7) is 2.85. The molecule has 3 N–H and O–H groups in total. The Hall–Kier alpha value is -3.66. The second kappa shape index (κ2) is 11.4. The van der Waals surface area contributed by atoms with Gasteiger partial charge in [0.25, 0.3) is 5.91 Å². The maximum atomic E-state index is 13.3. The van der Waals surface area contributed by atoms with Crippen molar-refractivity contribution in [2.24, 2.45) is 0 Å². The Bertz CT molecular complexity index is 1110. The average molecular weight is 499 g/mol. The van der Waals surface area contributed by atoms with E-state index in [-0.39, 0.29) is 54.9 Å². The van der Waals surface area contributed by atoms with E-state index in [2.05, 4.69) is 16.0 Å². The monoisotopic (exact) mass is 498 g/mol. The zero-order chi connectivity index (χ0) is 25.7. The molecule has 192 valence electrons. The van der Waals surface area contributed by atoms with E-state index < -0.39 is 0 Å². The van der Waals surface area contributed by atoms with Gasteiger partial charge in [0.15, 0.2) is 0 Å². The topological polar surface area (TPSA) is 109 Å². The van der Waals surface area contributed by atoms with E-state index in [0.717, 1.165) is 5.56 Å². The van der Waals surface area contributed by atoms with Crippen molar-refractivity contribution in [3.63, 3.8) is 0 Å². The Labute approximate surface area is 209 Å². The predicted octanol–water partition coefficient (Wildman–Crippen LogP) is 3.05. The molecule has 10 heteroatoms. The van der Waals surface area contributed by atoms with Crippen molar-refractivity contribution in [3.8, 4) is 5.75 Å². The number of hydrogen-bond donors (Lipinski definition) is 3. The summed E-state index contributed by atoms with van der Waals surface area (Å²) in [5.41, 5.74) is 1.67. The Morgan fingerprint density at radius 1 is 1.11 bits per heavy atom. The summed E-state index contributed by atoms with van der Waals surface area (Å²) in [5.74, 6) is -0.288. The zero-order valence-electron chi connectivity index (χ0n) is 20.4. The number of halogens is 1. The third-order valence-corrected chi connectivity index (χ3v) is 6.42. The van der Waals surface area contributed by atoms with Gasteiger partial charge in [-0.2, -0.15) is 0 Å². The average Bonchev–Trinajstić information content (AvgIpc) is 2.86. The minimum absolute atomic E-state index is 0.156. The van der Waals surface area contributed by atoms with Gasteiger partial charge in [-0.05, 0) is 55.7 Å². The largest absolute Gasteiger partial charge is 0.490 e. The lowest BCUT2D eigenvalue weighted by Gasteiger charge is -2.42. The first-order chi connectivity index (χ1) is 17.3. The number of rotatable bonds is 6. The van der Waals surface area contributed by atoms with Crippen LogP contribution in [0.1, 0.15) is 42.1 Å². The number of benzene rings is 2. The van der Waals surface area contributed by atoms with Crippen LogP contribution < -0.4 is 20.7 Å². The Kier molecular flexibility index (Phi) is 8.04. The number of anilines is 1. The van der Waals surface area contributed by atoms with E-state index in [9.17, 15) is 18.8 Å². The fraction of sp³-hybridized carbons (Fsp3) is 0.423. The van der Waals surface area contributed by atoms with Crippen molar-refractivity contribution < 1.29 is 28.2 Å². The summed E-state index contributed by atoms with van der Waals surface area (Å²) >= 11 is 0. The molecule has 0 radical (unpaired) electrons. The highest BCUT2D eigenvalue weighted by Crippen LogP contribution is 2.32. The van der Waals surface area contributed by atoms with Crippen LogP contribution in [-0.4, -0.2) is 61.2 Å². The smallest absolute Gasteiger partial charge is 0.319 e. The Morgan fingerprint density at radius 2 is 1.89 bits per heavy atom. The molecular formula is C26H31FN4O5. The van der Waals surface area contributed by atoms with Gasteiger partial charge in [0.2, 0.25) is 5.91 Å². The first-order valence-corrected chi connectivity index (χ1v) is 12.1. The molecule has 2 aromatic rings. The van der Waals surface area contributed by atoms with Gasteiger partial charge >= 0.3 is 6.03 Å². The lowest BCUT2D eigenvalue weighted by Crippen LogP contribution is -2.53. The molecule has 1 fully saturated rings. The third-order valence-electron chi connectivity index (χ3n) is 6.42. The molecule has 0 aromatic heterocycles. The van der Waals surface area contributed by atoms with Gasteiger partial charge in [0.1, 0.15) is 24.3 Å². The molecule has 0 saturated carbocycles. The number of ether oxygens (including phenoxy) is 2. The summed E-state index contributed by atoms with van der Waals surface area (Å²) in [7, 11) is 1.73.